The molecule has 2 atom stereocenters. The number of hydrogen-bond donors (Lipinski definition) is 0. The van der Waals surface area contributed by atoms with Gasteiger partial charge in [0.25, 0.3) is 5.91 Å². The Morgan fingerprint density at radius 1 is 1.19 bits per heavy atom. The van der Waals surface area contributed by atoms with Crippen LogP contribution >= 0.6 is 0 Å². The summed E-state index contributed by atoms with van der Waals surface area (Å²) in [5, 5.41) is 0. The fourth-order valence-corrected chi connectivity index (χ4v) is 5.80. The molecule has 3 rings (SSSR count). The van der Waals surface area contributed by atoms with Crippen LogP contribution in [0.4, 0.5) is 0 Å². The normalized spacial score (nSPS) is 25.3. The summed E-state index contributed by atoms with van der Waals surface area (Å²) in [7, 11) is -3.24. The van der Waals surface area contributed by atoms with Crippen LogP contribution in [0.5, 0.6) is 0 Å². The largest absolute Gasteiger partial charge is 0.329 e. The van der Waals surface area contributed by atoms with Crippen molar-refractivity contribution in [1.29, 1.82) is 0 Å². The van der Waals surface area contributed by atoms with Gasteiger partial charge in [-0.1, -0.05) is 19.9 Å². The van der Waals surface area contributed by atoms with E-state index in [0.717, 1.165) is 5.69 Å². The van der Waals surface area contributed by atoms with Crippen LogP contribution in [0, 0.1) is 5.92 Å². The van der Waals surface area contributed by atoms with Gasteiger partial charge in [0.2, 0.25) is 5.78 Å². The van der Waals surface area contributed by atoms with Crippen LogP contribution in [0.3, 0.4) is 0 Å². The van der Waals surface area contributed by atoms with E-state index in [4.69, 9.17) is 0 Å². The van der Waals surface area contributed by atoms with Crippen molar-refractivity contribution in [2.24, 2.45) is 5.92 Å². The maximum atomic E-state index is 12.6. The van der Waals surface area contributed by atoms with Gasteiger partial charge in [-0.3, -0.25) is 19.5 Å². The summed E-state index contributed by atoms with van der Waals surface area (Å²) in [4.78, 5) is 32.7. The highest BCUT2D eigenvalue weighted by Gasteiger charge is 2.48. The lowest BCUT2D eigenvalue weighted by Crippen LogP contribution is -2.61. The van der Waals surface area contributed by atoms with Crippen molar-refractivity contribution < 1.29 is 18.0 Å². The molecule has 0 aliphatic carbocycles. The molecule has 0 unspecified atom stereocenters. The summed E-state index contributed by atoms with van der Waals surface area (Å²) in [6.07, 6.45) is 1.90. The Kier molecular flexibility index (Phi) is 5.43. The molecule has 142 valence electrons. The molecule has 7 nitrogen and oxygen atoms in total. The number of carbonyl (C=O) groups excluding carboxylic acids is 2. The predicted octanol–water partition coefficient (Wildman–Crippen LogP) is 0.507. The van der Waals surface area contributed by atoms with Crippen LogP contribution in [-0.2, 0) is 26.0 Å². The summed E-state index contributed by atoms with van der Waals surface area (Å²) in [5.41, 5.74) is 0.867. The quantitative estimate of drug-likeness (QED) is 0.693. The number of piperazine rings is 1. The lowest BCUT2D eigenvalue weighted by molar-refractivity contribution is -0.149. The third-order valence-corrected chi connectivity index (χ3v) is 6.67. The van der Waals surface area contributed by atoms with Gasteiger partial charge in [-0.15, -0.1) is 0 Å². The molecule has 2 saturated heterocycles. The molecule has 0 aromatic carbocycles. The Bertz CT molecular complexity index is 779. The Morgan fingerprint density at radius 3 is 2.58 bits per heavy atom. The molecule has 1 aromatic rings. The van der Waals surface area contributed by atoms with E-state index in [9.17, 15) is 18.0 Å². The minimum Gasteiger partial charge on any atom is -0.329 e. The lowest BCUT2D eigenvalue weighted by Gasteiger charge is -2.43. The molecule has 0 radical (unpaired) electrons. The van der Waals surface area contributed by atoms with E-state index in [1.807, 2.05) is 32.0 Å². The third kappa shape index (κ3) is 4.12. The van der Waals surface area contributed by atoms with Crippen molar-refractivity contribution in [2.45, 2.75) is 38.9 Å². The number of pyridine rings is 1. The van der Waals surface area contributed by atoms with Crippen molar-refractivity contribution >= 4 is 21.5 Å². The zero-order chi connectivity index (χ0) is 18.9. The molecule has 2 fully saturated rings. The summed E-state index contributed by atoms with van der Waals surface area (Å²) in [6, 6.07) is 4.90. The highest BCUT2D eigenvalue weighted by molar-refractivity contribution is 7.91. The first kappa shape index (κ1) is 19.0. The average Bonchev–Trinajstić information content (AvgIpc) is 2.90. The van der Waals surface area contributed by atoms with Gasteiger partial charge >= 0.3 is 0 Å². The second-order valence-corrected chi connectivity index (χ2v) is 9.68. The highest BCUT2D eigenvalue weighted by Crippen LogP contribution is 2.28. The van der Waals surface area contributed by atoms with E-state index in [0.29, 0.717) is 19.6 Å². The number of sulfone groups is 1. The number of fused-ring (bicyclic) bond motifs is 1. The molecule has 0 N–H and O–H groups in total. The van der Waals surface area contributed by atoms with Gasteiger partial charge in [0, 0.05) is 38.3 Å². The highest BCUT2D eigenvalue weighted by atomic mass is 32.2. The van der Waals surface area contributed by atoms with E-state index in [1.165, 1.54) is 4.90 Å². The van der Waals surface area contributed by atoms with E-state index < -0.39 is 27.6 Å². The van der Waals surface area contributed by atoms with E-state index in [1.54, 1.807) is 6.20 Å². The molecule has 0 saturated carbocycles. The maximum Gasteiger partial charge on any atom is 0.290 e. The van der Waals surface area contributed by atoms with Crippen LogP contribution in [0.25, 0.3) is 0 Å². The summed E-state index contributed by atoms with van der Waals surface area (Å²) >= 11 is 0. The summed E-state index contributed by atoms with van der Waals surface area (Å²) < 4.78 is 24.5. The molecule has 1 aromatic heterocycles. The zero-order valence-corrected chi connectivity index (χ0v) is 16.0. The third-order valence-electron chi connectivity index (χ3n) is 4.98. The van der Waals surface area contributed by atoms with Crippen LogP contribution in [-0.4, -0.2) is 71.6 Å². The van der Waals surface area contributed by atoms with Crippen LogP contribution < -0.4 is 0 Å². The van der Waals surface area contributed by atoms with E-state index >= 15 is 0 Å². The molecule has 2 aliphatic rings. The monoisotopic (exact) mass is 379 g/mol. The van der Waals surface area contributed by atoms with Crippen LogP contribution in [0.15, 0.2) is 24.4 Å². The van der Waals surface area contributed by atoms with Gasteiger partial charge in [0.05, 0.1) is 23.2 Å². The predicted molar refractivity (Wildman–Crippen MR) is 97.1 cm³/mol. The summed E-state index contributed by atoms with van der Waals surface area (Å²) in [5.74, 6) is -0.923. The first-order valence-electron chi connectivity index (χ1n) is 8.95. The van der Waals surface area contributed by atoms with Gasteiger partial charge < -0.3 is 4.90 Å². The second kappa shape index (κ2) is 7.44. The number of aromatic nitrogens is 1. The standard InChI is InChI=1S/C18H25N3O4S/c1-13(2)9-17(22)18(23)21-8-7-20(10-14-5-3-4-6-19-14)15-11-26(24,25)12-16(15)21/h3-6,13,15-16H,7-12H2,1-2H3/t15-,16+/m1/s1. The average molecular weight is 379 g/mol. The molecular weight excluding hydrogens is 354 g/mol. The Balaban J connectivity index is 1.79. The SMILES string of the molecule is CC(C)CC(=O)C(=O)N1CCN(Cc2ccccn2)[C@@H]2CS(=O)(=O)C[C@@H]21. The zero-order valence-electron chi connectivity index (χ0n) is 15.2. The van der Waals surface area contributed by atoms with Gasteiger partial charge in [0.15, 0.2) is 9.84 Å². The molecule has 1 amide bonds. The first-order chi connectivity index (χ1) is 12.3. The van der Waals surface area contributed by atoms with Gasteiger partial charge in [-0.25, -0.2) is 8.42 Å². The number of amides is 1. The molecule has 8 heteroatoms. The Morgan fingerprint density at radius 2 is 1.92 bits per heavy atom. The van der Waals surface area contributed by atoms with E-state index in [2.05, 4.69) is 9.88 Å². The number of carbonyl (C=O) groups is 2. The Labute approximate surface area is 154 Å². The van der Waals surface area contributed by atoms with Crippen molar-refractivity contribution in [3.05, 3.63) is 30.1 Å². The number of ketones is 1. The summed E-state index contributed by atoms with van der Waals surface area (Å²) in [6.45, 7) is 5.22. The van der Waals surface area contributed by atoms with Crippen molar-refractivity contribution in [3.63, 3.8) is 0 Å². The smallest absolute Gasteiger partial charge is 0.290 e. The number of hydrogen-bond acceptors (Lipinski definition) is 6. The minimum absolute atomic E-state index is 0.0205. The minimum atomic E-state index is -3.24. The van der Waals surface area contributed by atoms with Gasteiger partial charge in [-0.05, 0) is 18.1 Å². The fraction of sp³-hybridized carbons (Fsp3) is 0.611. The van der Waals surface area contributed by atoms with Gasteiger partial charge in [0.1, 0.15) is 0 Å². The molecule has 3 heterocycles. The van der Waals surface area contributed by atoms with Crippen molar-refractivity contribution in [1.82, 2.24) is 14.8 Å². The molecular formula is C18H25N3O4S. The van der Waals surface area contributed by atoms with Crippen molar-refractivity contribution in [3.8, 4) is 0 Å². The fourth-order valence-electron chi connectivity index (χ4n) is 3.79. The molecule has 0 spiro atoms. The molecule has 0 bridgehead atoms. The lowest BCUT2D eigenvalue weighted by atomic mass is 10.0. The molecule has 2 aliphatic heterocycles. The second-order valence-electron chi connectivity index (χ2n) is 7.52. The number of rotatable bonds is 5. The number of Topliss-reactive ketones (excluding diaryl/α,β-unsaturated/α-hetero) is 1. The van der Waals surface area contributed by atoms with Crippen molar-refractivity contribution in [2.75, 3.05) is 24.6 Å². The first-order valence-corrected chi connectivity index (χ1v) is 10.8. The Hall–Kier alpha value is -1.80. The maximum absolute atomic E-state index is 12.6. The van der Waals surface area contributed by atoms with Gasteiger partial charge in [-0.2, -0.15) is 0 Å². The number of nitrogens with zero attached hydrogens (tertiary/aromatic N) is 3. The topological polar surface area (TPSA) is 87.7 Å². The van der Waals surface area contributed by atoms with Crippen LogP contribution in [0.1, 0.15) is 26.0 Å². The van der Waals surface area contributed by atoms with E-state index in [-0.39, 0.29) is 29.9 Å². The van der Waals surface area contributed by atoms with Crippen LogP contribution in [0.2, 0.25) is 0 Å². The molecule has 26 heavy (non-hydrogen) atoms.